The van der Waals surface area contributed by atoms with Gasteiger partial charge in [-0.2, -0.15) is 0 Å². The number of aromatic nitrogens is 2. The summed E-state index contributed by atoms with van der Waals surface area (Å²) in [5, 5.41) is 5.58. The van der Waals surface area contributed by atoms with Crippen molar-refractivity contribution in [2.45, 2.75) is 33.2 Å². The zero-order chi connectivity index (χ0) is 18.1. The summed E-state index contributed by atoms with van der Waals surface area (Å²) in [5.74, 6) is 1.14. The zero-order valence-corrected chi connectivity index (χ0v) is 16.4. The fourth-order valence-electron chi connectivity index (χ4n) is 2.98. The molecule has 0 radical (unpaired) electrons. The maximum atomic E-state index is 12.4. The molecule has 0 aromatic carbocycles. The SMILES string of the molecule is CCN1CCc2nc(NC(=O)Cc3nc(-c4cccs4)oc3C)sc2C1. The number of amides is 1. The van der Waals surface area contributed by atoms with Crippen molar-refractivity contribution in [3.63, 3.8) is 0 Å². The molecule has 4 heterocycles. The van der Waals surface area contributed by atoms with E-state index in [1.165, 1.54) is 4.88 Å². The molecule has 0 spiro atoms. The van der Waals surface area contributed by atoms with Crippen molar-refractivity contribution in [1.29, 1.82) is 0 Å². The van der Waals surface area contributed by atoms with Crippen LogP contribution in [0.25, 0.3) is 10.8 Å². The number of nitrogens with one attached hydrogen (secondary N) is 1. The number of nitrogens with zero attached hydrogens (tertiary/aromatic N) is 3. The first-order chi connectivity index (χ1) is 12.6. The van der Waals surface area contributed by atoms with E-state index in [2.05, 4.69) is 27.1 Å². The number of carbonyl (C=O) groups is 1. The molecule has 0 unspecified atom stereocenters. The van der Waals surface area contributed by atoms with Gasteiger partial charge < -0.3 is 9.73 Å². The minimum Gasteiger partial charge on any atom is -0.440 e. The highest BCUT2D eigenvalue weighted by Gasteiger charge is 2.21. The third kappa shape index (κ3) is 3.58. The van der Waals surface area contributed by atoms with Crippen LogP contribution in [-0.4, -0.2) is 33.9 Å². The molecular formula is C18H20N4O2S2. The van der Waals surface area contributed by atoms with E-state index in [0.717, 1.165) is 36.6 Å². The number of carbonyl (C=O) groups excluding carboxylic acids is 1. The Bertz CT molecular complexity index is 914. The first-order valence-electron chi connectivity index (χ1n) is 8.63. The average Bonchev–Trinajstić information content (AvgIpc) is 3.34. The van der Waals surface area contributed by atoms with Gasteiger partial charge in [-0.1, -0.05) is 13.0 Å². The van der Waals surface area contributed by atoms with Gasteiger partial charge in [0.05, 0.1) is 22.7 Å². The number of anilines is 1. The maximum absolute atomic E-state index is 12.4. The van der Waals surface area contributed by atoms with Crippen LogP contribution in [0.1, 0.15) is 28.9 Å². The molecule has 26 heavy (non-hydrogen) atoms. The van der Waals surface area contributed by atoms with Gasteiger partial charge in [0.25, 0.3) is 0 Å². The predicted molar refractivity (Wildman–Crippen MR) is 104 cm³/mol. The minimum absolute atomic E-state index is 0.113. The standard InChI is InChI=1S/C18H20N4O2S2/c1-3-22-7-6-12-15(10-22)26-18(20-12)21-16(23)9-13-11(2)24-17(19-13)14-5-4-8-25-14/h4-5,8H,3,6-7,9-10H2,1-2H3,(H,20,21,23). The number of hydrogen-bond acceptors (Lipinski definition) is 7. The third-order valence-electron chi connectivity index (χ3n) is 4.46. The first kappa shape index (κ1) is 17.4. The van der Waals surface area contributed by atoms with Gasteiger partial charge in [-0.05, 0) is 24.9 Å². The normalized spacial score (nSPS) is 14.4. The molecule has 6 nitrogen and oxygen atoms in total. The largest absolute Gasteiger partial charge is 0.440 e. The molecule has 136 valence electrons. The molecule has 0 saturated heterocycles. The van der Waals surface area contributed by atoms with E-state index < -0.39 is 0 Å². The number of likely N-dealkylation sites (N-methyl/N-ethyl adjacent to an activating group) is 1. The molecular weight excluding hydrogens is 368 g/mol. The second kappa shape index (κ2) is 7.30. The van der Waals surface area contributed by atoms with Crippen molar-refractivity contribution in [2.75, 3.05) is 18.4 Å². The lowest BCUT2D eigenvalue weighted by atomic mass is 10.2. The summed E-state index contributed by atoms with van der Waals surface area (Å²) in [4.78, 5) is 26.1. The van der Waals surface area contributed by atoms with Crippen LogP contribution in [-0.2, 0) is 24.2 Å². The van der Waals surface area contributed by atoms with E-state index in [-0.39, 0.29) is 12.3 Å². The molecule has 1 amide bonds. The van der Waals surface area contributed by atoms with E-state index in [0.29, 0.717) is 22.5 Å². The average molecular weight is 389 g/mol. The minimum atomic E-state index is -0.113. The zero-order valence-electron chi connectivity index (χ0n) is 14.7. The van der Waals surface area contributed by atoms with E-state index in [1.54, 1.807) is 22.7 Å². The Kier molecular flexibility index (Phi) is 4.88. The fraction of sp³-hybridized carbons (Fsp3) is 0.389. The van der Waals surface area contributed by atoms with Crippen molar-refractivity contribution >= 4 is 33.7 Å². The summed E-state index contributed by atoms with van der Waals surface area (Å²) in [6.45, 7) is 7.00. The molecule has 0 bridgehead atoms. The van der Waals surface area contributed by atoms with Crippen molar-refractivity contribution < 1.29 is 9.21 Å². The number of oxazole rings is 1. The Hall–Kier alpha value is -2.03. The van der Waals surface area contributed by atoms with Crippen LogP contribution in [0, 0.1) is 6.92 Å². The molecule has 3 aromatic rings. The maximum Gasteiger partial charge on any atom is 0.236 e. The van der Waals surface area contributed by atoms with Crippen molar-refractivity contribution in [3.8, 4) is 10.8 Å². The van der Waals surface area contributed by atoms with Gasteiger partial charge in [0.2, 0.25) is 11.8 Å². The quantitative estimate of drug-likeness (QED) is 0.721. The second-order valence-corrected chi connectivity index (χ2v) is 8.26. The molecule has 3 aromatic heterocycles. The van der Waals surface area contributed by atoms with E-state index in [4.69, 9.17) is 4.42 Å². The summed E-state index contributed by atoms with van der Waals surface area (Å²) in [5.41, 5.74) is 1.79. The predicted octanol–water partition coefficient (Wildman–Crippen LogP) is 3.73. The number of thiophene rings is 1. The van der Waals surface area contributed by atoms with E-state index in [9.17, 15) is 4.79 Å². The van der Waals surface area contributed by atoms with Gasteiger partial charge in [-0.15, -0.1) is 22.7 Å². The topological polar surface area (TPSA) is 71.3 Å². The highest BCUT2D eigenvalue weighted by atomic mass is 32.1. The molecule has 0 fully saturated rings. The van der Waals surface area contributed by atoms with Crippen molar-refractivity contribution in [2.24, 2.45) is 0 Å². The van der Waals surface area contributed by atoms with Crippen LogP contribution in [0.2, 0.25) is 0 Å². The number of hydrogen-bond donors (Lipinski definition) is 1. The lowest BCUT2D eigenvalue weighted by molar-refractivity contribution is -0.115. The Labute approximate surface area is 159 Å². The van der Waals surface area contributed by atoms with Crippen LogP contribution in [0.5, 0.6) is 0 Å². The Balaban J connectivity index is 1.43. The lowest BCUT2D eigenvalue weighted by Crippen LogP contribution is -2.29. The lowest BCUT2D eigenvalue weighted by Gasteiger charge is -2.23. The fourth-order valence-corrected chi connectivity index (χ4v) is 4.70. The van der Waals surface area contributed by atoms with E-state index in [1.807, 2.05) is 24.4 Å². The van der Waals surface area contributed by atoms with Crippen LogP contribution >= 0.6 is 22.7 Å². The van der Waals surface area contributed by atoms with Crippen molar-refractivity contribution in [1.82, 2.24) is 14.9 Å². The van der Waals surface area contributed by atoms with E-state index >= 15 is 0 Å². The number of aryl methyl sites for hydroxylation is 1. The molecule has 0 aliphatic carbocycles. The molecule has 0 atom stereocenters. The Morgan fingerprint density at radius 2 is 2.31 bits per heavy atom. The highest BCUT2D eigenvalue weighted by Crippen LogP contribution is 2.29. The molecule has 1 aliphatic heterocycles. The third-order valence-corrected chi connectivity index (χ3v) is 6.31. The van der Waals surface area contributed by atoms with Gasteiger partial charge in [-0.3, -0.25) is 9.69 Å². The number of thiazole rings is 1. The van der Waals surface area contributed by atoms with Gasteiger partial charge in [0, 0.05) is 24.4 Å². The Morgan fingerprint density at radius 1 is 1.42 bits per heavy atom. The second-order valence-electron chi connectivity index (χ2n) is 6.23. The van der Waals surface area contributed by atoms with Gasteiger partial charge in [-0.25, -0.2) is 9.97 Å². The molecule has 0 saturated carbocycles. The van der Waals surface area contributed by atoms with Crippen LogP contribution < -0.4 is 5.32 Å². The van der Waals surface area contributed by atoms with Crippen LogP contribution in [0.15, 0.2) is 21.9 Å². The Morgan fingerprint density at radius 3 is 3.08 bits per heavy atom. The molecule has 8 heteroatoms. The molecule has 4 rings (SSSR count). The smallest absolute Gasteiger partial charge is 0.236 e. The van der Waals surface area contributed by atoms with Gasteiger partial charge >= 0.3 is 0 Å². The van der Waals surface area contributed by atoms with Gasteiger partial charge in [0.15, 0.2) is 5.13 Å². The highest BCUT2D eigenvalue weighted by molar-refractivity contribution is 7.15. The number of fused-ring (bicyclic) bond motifs is 1. The summed E-state index contributed by atoms with van der Waals surface area (Å²) in [6, 6.07) is 3.91. The number of rotatable bonds is 5. The summed E-state index contributed by atoms with van der Waals surface area (Å²) >= 11 is 3.14. The summed E-state index contributed by atoms with van der Waals surface area (Å²) < 4.78 is 5.70. The monoisotopic (exact) mass is 388 g/mol. The van der Waals surface area contributed by atoms with Gasteiger partial charge in [0.1, 0.15) is 5.76 Å². The molecule has 1 aliphatic rings. The summed E-state index contributed by atoms with van der Waals surface area (Å²) in [6.07, 6.45) is 1.13. The summed E-state index contributed by atoms with van der Waals surface area (Å²) in [7, 11) is 0. The van der Waals surface area contributed by atoms with Crippen molar-refractivity contribution in [3.05, 3.63) is 39.5 Å². The van der Waals surface area contributed by atoms with Crippen LogP contribution in [0.3, 0.4) is 0 Å². The first-order valence-corrected chi connectivity index (χ1v) is 10.3. The van der Waals surface area contributed by atoms with Crippen LogP contribution in [0.4, 0.5) is 5.13 Å². The molecule has 1 N–H and O–H groups in total.